The van der Waals surface area contributed by atoms with Gasteiger partial charge >= 0.3 is 0 Å². The van der Waals surface area contributed by atoms with Gasteiger partial charge in [-0.25, -0.2) is 4.84 Å². The Bertz CT molecular complexity index is 103. The predicted molar refractivity (Wildman–Crippen MR) is 23.8 cm³/mol. The zero-order chi connectivity index (χ0) is 5.98. The zero-order valence-corrected chi connectivity index (χ0v) is 4.33. The molecule has 1 aliphatic heterocycles. The van der Waals surface area contributed by atoms with E-state index in [1.165, 1.54) is 0 Å². The van der Waals surface area contributed by atoms with Crippen molar-refractivity contribution in [3.05, 3.63) is 0 Å². The van der Waals surface area contributed by atoms with Crippen molar-refractivity contribution in [3.8, 4) is 0 Å². The van der Waals surface area contributed by atoms with Crippen molar-refractivity contribution < 1.29 is 14.8 Å². The third kappa shape index (κ3) is 0.962. The van der Waals surface area contributed by atoms with Crippen molar-refractivity contribution in [3.63, 3.8) is 0 Å². The molecule has 1 aliphatic rings. The Hall–Kier alpha value is -0.610. The summed E-state index contributed by atoms with van der Waals surface area (Å²) in [7, 11) is 0. The number of amides is 1. The van der Waals surface area contributed by atoms with Crippen LogP contribution in [0.2, 0.25) is 0 Å². The summed E-state index contributed by atoms with van der Waals surface area (Å²) < 4.78 is 0. The fourth-order valence-corrected chi connectivity index (χ4v) is 0.542. The molecule has 0 aliphatic carbocycles. The van der Waals surface area contributed by atoms with E-state index in [4.69, 9.17) is 5.21 Å². The number of rotatable bonds is 0. The van der Waals surface area contributed by atoms with E-state index in [2.05, 4.69) is 4.84 Å². The van der Waals surface area contributed by atoms with E-state index in [1.807, 2.05) is 0 Å². The van der Waals surface area contributed by atoms with Crippen LogP contribution < -0.4 is 0 Å². The Labute approximate surface area is 46.6 Å². The molecular weight excluding hydrogens is 110 g/mol. The van der Waals surface area contributed by atoms with Gasteiger partial charge in [0.15, 0.2) is 0 Å². The Morgan fingerprint density at radius 1 is 1.75 bits per heavy atom. The van der Waals surface area contributed by atoms with Gasteiger partial charge in [0.25, 0.3) is 5.91 Å². The Morgan fingerprint density at radius 2 is 2.50 bits per heavy atom. The lowest BCUT2D eigenvalue weighted by molar-refractivity contribution is -0.324. The first-order chi connectivity index (χ1) is 3.80. The molecule has 0 spiro atoms. The number of hydroxylamine groups is 2. The van der Waals surface area contributed by atoms with Crippen molar-refractivity contribution in [1.82, 2.24) is 5.23 Å². The molecule has 4 nitrogen and oxygen atoms in total. The molecule has 1 amide bonds. The van der Waals surface area contributed by atoms with E-state index in [0.717, 1.165) is 0 Å². The lowest BCUT2D eigenvalue weighted by Crippen LogP contribution is -2.32. The number of nitrogens with zero attached hydrogens (tertiary/aromatic N) is 1. The Morgan fingerprint density at radius 3 is 2.88 bits per heavy atom. The standard InChI is InChI=1S/C4H7NO3/c6-4-2-1-3-8-5(4)7/h7H,1-3H2. The minimum Gasteiger partial charge on any atom is -0.270 e. The van der Waals surface area contributed by atoms with Gasteiger partial charge in [0.05, 0.1) is 6.61 Å². The predicted octanol–water partition coefficient (Wildman–Crippen LogP) is -0.0704. The lowest BCUT2D eigenvalue weighted by Gasteiger charge is -2.17. The summed E-state index contributed by atoms with van der Waals surface area (Å²) in [6.45, 7) is 0.433. The van der Waals surface area contributed by atoms with Gasteiger partial charge in [0.2, 0.25) is 0 Å². The molecule has 0 aromatic carbocycles. The lowest BCUT2D eigenvalue weighted by atomic mass is 10.3. The van der Waals surface area contributed by atoms with E-state index in [9.17, 15) is 4.79 Å². The van der Waals surface area contributed by atoms with Gasteiger partial charge in [-0.1, -0.05) is 5.23 Å². The van der Waals surface area contributed by atoms with Crippen LogP contribution >= 0.6 is 0 Å². The van der Waals surface area contributed by atoms with Crippen LogP contribution in [-0.2, 0) is 9.63 Å². The van der Waals surface area contributed by atoms with Crippen molar-refractivity contribution >= 4 is 5.91 Å². The normalized spacial score (nSPS) is 21.6. The molecular formula is C4H7NO3. The van der Waals surface area contributed by atoms with E-state index in [1.54, 1.807) is 0 Å². The second-order valence-corrected chi connectivity index (χ2v) is 1.60. The second-order valence-electron chi connectivity index (χ2n) is 1.60. The molecule has 1 rings (SSSR count). The number of hydrogen-bond donors (Lipinski definition) is 1. The molecule has 0 atom stereocenters. The number of carbonyl (C=O) groups excluding carboxylic acids is 1. The van der Waals surface area contributed by atoms with Crippen LogP contribution in [0.15, 0.2) is 0 Å². The molecule has 8 heavy (non-hydrogen) atoms. The monoisotopic (exact) mass is 117 g/mol. The van der Waals surface area contributed by atoms with E-state index < -0.39 is 0 Å². The third-order valence-electron chi connectivity index (χ3n) is 0.962. The molecule has 0 aromatic rings. The van der Waals surface area contributed by atoms with Gasteiger partial charge in [-0.2, -0.15) is 0 Å². The fourth-order valence-electron chi connectivity index (χ4n) is 0.542. The van der Waals surface area contributed by atoms with E-state index in [0.29, 0.717) is 24.7 Å². The fraction of sp³-hybridized carbons (Fsp3) is 0.750. The summed E-state index contributed by atoms with van der Waals surface area (Å²) >= 11 is 0. The van der Waals surface area contributed by atoms with Crippen molar-refractivity contribution in [1.29, 1.82) is 0 Å². The van der Waals surface area contributed by atoms with Gasteiger partial charge in [0, 0.05) is 6.42 Å². The van der Waals surface area contributed by atoms with Crippen molar-refractivity contribution in [2.24, 2.45) is 0 Å². The minimum atomic E-state index is -0.365. The average Bonchev–Trinajstić information content (AvgIpc) is 1.77. The summed E-state index contributed by atoms with van der Waals surface area (Å²) in [5.41, 5.74) is 0. The van der Waals surface area contributed by atoms with Gasteiger partial charge in [-0.15, -0.1) is 0 Å². The highest BCUT2D eigenvalue weighted by Gasteiger charge is 2.15. The quantitative estimate of drug-likeness (QED) is 0.452. The molecule has 1 fully saturated rings. The summed E-state index contributed by atoms with van der Waals surface area (Å²) in [5, 5.41) is 8.73. The maximum atomic E-state index is 10.3. The molecule has 1 saturated heterocycles. The maximum Gasteiger partial charge on any atom is 0.273 e. The zero-order valence-electron chi connectivity index (χ0n) is 4.33. The van der Waals surface area contributed by atoms with Crippen LogP contribution in [0.4, 0.5) is 0 Å². The minimum absolute atomic E-state index is 0.295. The summed E-state index contributed by atoms with van der Waals surface area (Å²) in [5.74, 6) is -0.365. The summed E-state index contributed by atoms with van der Waals surface area (Å²) in [6, 6.07) is 0. The highest BCUT2D eigenvalue weighted by molar-refractivity contribution is 5.74. The van der Waals surface area contributed by atoms with Crippen molar-refractivity contribution in [2.45, 2.75) is 12.8 Å². The second kappa shape index (κ2) is 2.11. The van der Waals surface area contributed by atoms with Crippen molar-refractivity contribution in [2.75, 3.05) is 6.61 Å². The Balaban J connectivity index is 2.39. The maximum absolute atomic E-state index is 10.3. The van der Waals surface area contributed by atoms with E-state index in [-0.39, 0.29) is 5.91 Å². The van der Waals surface area contributed by atoms with Gasteiger partial charge < -0.3 is 0 Å². The topological polar surface area (TPSA) is 49.8 Å². The van der Waals surface area contributed by atoms with Crippen LogP contribution in [0.1, 0.15) is 12.8 Å². The molecule has 4 heteroatoms. The van der Waals surface area contributed by atoms with Crippen LogP contribution in [0.25, 0.3) is 0 Å². The molecule has 0 radical (unpaired) electrons. The molecule has 0 aromatic heterocycles. The Kier molecular flexibility index (Phi) is 1.45. The number of carbonyl (C=O) groups is 1. The summed E-state index contributed by atoms with van der Waals surface area (Å²) in [4.78, 5) is 14.8. The SMILES string of the molecule is O=C1CCCON1O. The first-order valence-electron chi connectivity index (χ1n) is 2.45. The first-order valence-corrected chi connectivity index (χ1v) is 2.45. The third-order valence-corrected chi connectivity index (χ3v) is 0.962. The average molecular weight is 117 g/mol. The van der Waals surface area contributed by atoms with Crippen LogP contribution in [0.5, 0.6) is 0 Å². The molecule has 1 N–H and O–H groups in total. The highest BCUT2D eigenvalue weighted by atomic mass is 16.9. The van der Waals surface area contributed by atoms with Crippen LogP contribution in [-0.4, -0.2) is 22.9 Å². The first kappa shape index (κ1) is 5.53. The molecule has 0 saturated carbocycles. The molecule has 0 bridgehead atoms. The largest absolute Gasteiger partial charge is 0.273 e. The van der Waals surface area contributed by atoms with Gasteiger partial charge in [-0.3, -0.25) is 10.0 Å². The van der Waals surface area contributed by atoms with Gasteiger partial charge in [0.1, 0.15) is 0 Å². The van der Waals surface area contributed by atoms with Crippen LogP contribution in [0.3, 0.4) is 0 Å². The molecule has 46 valence electrons. The summed E-state index contributed by atoms with van der Waals surface area (Å²) in [6.07, 6.45) is 1.09. The highest BCUT2D eigenvalue weighted by Crippen LogP contribution is 2.03. The molecule has 0 unspecified atom stereocenters. The number of hydrogen-bond acceptors (Lipinski definition) is 3. The molecule has 1 heterocycles. The van der Waals surface area contributed by atoms with E-state index >= 15 is 0 Å². The smallest absolute Gasteiger partial charge is 0.270 e. The van der Waals surface area contributed by atoms with Gasteiger partial charge in [-0.05, 0) is 6.42 Å². The van der Waals surface area contributed by atoms with Crippen LogP contribution in [0, 0.1) is 0 Å².